The van der Waals surface area contributed by atoms with Gasteiger partial charge in [0.15, 0.2) is 11.5 Å². The topological polar surface area (TPSA) is 93.7 Å². The second kappa shape index (κ2) is 10.2. The standard InChI is InChI=1S/C23H21ClN2O5S/c1-30-21-12-6-16(14-22(21)31-2)7-13-23(27)25-18-8-10-20(11-9-18)32(28,29)26-19-5-3-4-17(24)15-19/h3-15,26H,1-2H3,(H,25,27). The van der Waals surface area contributed by atoms with Gasteiger partial charge in [-0.15, -0.1) is 0 Å². The van der Waals surface area contributed by atoms with E-state index in [1.165, 1.54) is 43.5 Å². The van der Waals surface area contributed by atoms with Crippen molar-refractivity contribution in [1.82, 2.24) is 0 Å². The number of hydrogen-bond donors (Lipinski definition) is 2. The molecule has 0 aliphatic heterocycles. The zero-order valence-corrected chi connectivity index (χ0v) is 18.9. The van der Waals surface area contributed by atoms with Crippen molar-refractivity contribution in [1.29, 1.82) is 0 Å². The van der Waals surface area contributed by atoms with Crippen LogP contribution in [-0.4, -0.2) is 28.5 Å². The molecule has 0 heterocycles. The number of anilines is 2. The second-order valence-corrected chi connectivity index (χ2v) is 8.70. The van der Waals surface area contributed by atoms with Gasteiger partial charge in [0.2, 0.25) is 5.91 Å². The van der Waals surface area contributed by atoms with Crippen LogP contribution in [0.15, 0.2) is 77.7 Å². The molecule has 0 aliphatic carbocycles. The summed E-state index contributed by atoms with van der Waals surface area (Å²) < 4.78 is 38.0. The van der Waals surface area contributed by atoms with E-state index in [1.807, 2.05) is 0 Å². The first kappa shape index (κ1) is 23.2. The lowest BCUT2D eigenvalue weighted by Gasteiger charge is -2.09. The van der Waals surface area contributed by atoms with Gasteiger partial charge in [0, 0.05) is 16.8 Å². The summed E-state index contributed by atoms with van der Waals surface area (Å²) in [5, 5.41) is 3.11. The maximum atomic E-state index is 12.5. The average Bonchev–Trinajstić information content (AvgIpc) is 2.77. The van der Waals surface area contributed by atoms with E-state index in [1.54, 1.807) is 49.6 Å². The minimum Gasteiger partial charge on any atom is -0.493 e. The Hall–Kier alpha value is -3.49. The molecule has 0 aliphatic rings. The highest BCUT2D eigenvalue weighted by Gasteiger charge is 2.14. The van der Waals surface area contributed by atoms with Crippen molar-refractivity contribution in [2.24, 2.45) is 0 Å². The number of ether oxygens (including phenoxy) is 2. The number of nitrogens with one attached hydrogen (secondary N) is 2. The molecule has 0 fully saturated rings. The smallest absolute Gasteiger partial charge is 0.261 e. The van der Waals surface area contributed by atoms with Crippen LogP contribution in [-0.2, 0) is 14.8 Å². The Morgan fingerprint density at radius 1 is 0.906 bits per heavy atom. The van der Waals surface area contributed by atoms with Crippen molar-refractivity contribution >= 4 is 45.0 Å². The first-order chi connectivity index (χ1) is 15.3. The van der Waals surface area contributed by atoms with Crippen molar-refractivity contribution in [3.8, 4) is 11.5 Å². The molecule has 1 amide bonds. The van der Waals surface area contributed by atoms with Gasteiger partial charge in [0.25, 0.3) is 10.0 Å². The normalized spacial score (nSPS) is 11.2. The van der Waals surface area contributed by atoms with Crippen LogP contribution in [0.25, 0.3) is 6.08 Å². The van der Waals surface area contributed by atoms with Gasteiger partial charge in [-0.2, -0.15) is 0 Å². The van der Waals surface area contributed by atoms with Gasteiger partial charge >= 0.3 is 0 Å². The third-order valence-electron chi connectivity index (χ3n) is 4.34. The number of carbonyl (C=O) groups is 1. The summed E-state index contributed by atoms with van der Waals surface area (Å²) in [5.41, 5.74) is 1.56. The van der Waals surface area contributed by atoms with E-state index in [4.69, 9.17) is 21.1 Å². The largest absolute Gasteiger partial charge is 0.493 e. The molecule has 3 rings (SSSR count). The lowest BCUT2D eigenvalue weighted by atomic mass is 10.2. The number of rotatable bonds is 8. The molecular formula is C23H21ClN2O5S. The number of halogens is 1. The van der Waals surface area contributed by atoms with Crippen LogP contribution in [0.1, 0.15) is 5.56 Å². The molecule has 3 aromatic rings. The minimum absolute atomic E-state index is 0.0522. The van der Waals surface area contributed by atoms with Gasteiger partial charge in [0.1, 0.15) is 0 Å². The third-order valence-corrected chi connectivity index (χ3v) is 5.98. The van der Waals surface area contributed by atoms with Gasteiger partial charge in [0.05, 0.1) is 24.8 Å². The molecule has 7 nitrogen and oxygen atoms in total. The van der Waals surface area contributed by atoms with Gasteiger partial charge < -0.3 is 14.8 Å². The molecule has 0 spiro atoms. The second-order valence-electron chi connectivity index (χ2n) is 6.58. The third kappa shape index (κ3) is 6.03. The lowest BCUT2D eigenvalue weighted by molar-refractivity contribution is -0.111. The summed E-state index contributed by atoms with van der Waals surface area (Å²) in [6, 6.07) is 17.5. The fraction of sp³-hybridized carbons (Fsp3) is 0.0870. The molecule has 3 aromatic carbocycles. The van der Waals surface area contributed by atoms with E-state index in [2.05, 4.69) is 10.0 Å². The van der Waals surface area contributed by atoms with Gasteiger partial charge in [-0.3, -0.25) is 9.52 Å². The van der Waals surface area contributed by atoms with Crippen molar-refractivity contribution in [3.05, 3.63) is 83.4 Å². The number of benzene rings is 3. The highest BCUT2D eigenvalue weighted by molar-refractivity contribution is 7.92. The molecule has 0 saturated carbocycles. The van der Waals surface area contributed by atoms with Crippen LogP contribution < -0.4 is 19.5 Å². The quantitative estimate of drug-likeness (QED) is 0.459. The summed E-state index contributed by atoms with van der Waals surface area (Å²) in [5.74, 6) is 0.777. The Labute approximate surface area is 191 Å². The van der Waals surface area contributed by atoms with Crippen LogP contribution >= 0.6 is 11.6 Å². The number of methoxy groups -OCH3 is 2. The van der Waals surface area contributed by atoms with E-state index in [-0.39, 0.29) is 10.8 Å². The SMILES string of the molecule is COc1ccc(C=CC(=O)Nc2ccc(S(=O)(=O)Nc3cccc(Cl)c3)cc2)cc1OC. The van der Waals surface area contributed by atoms with Crippen LogP contribution in [0.2, 0.25) is 5.02 Å². The van der Waals surface area contributed by atoms with Crippen molar-refractivity contribution in [2.45, 2.75) is 4.90 Å². The monoisotopic (exact) mass is 472 g/mol. The average molecular weight is 473 g/mol. The molecule has 0 aromatic heterocycles. The molecule has 32 heavy (non-hydrogen) atoms. The number of carbonyl (C=O) groups excluding carboxylic acids is 1. The fourth-order valence-corrected chi connectivity index (χ4v) is 4.04. The van der Waals surface area contributed by atoms with Crippen LogP contribution in [0, 0.1) is 0 Å². The number of sulfonamides is 1. The molecule has 0 bridgehead atoms. The maximum Gasteiger partial charge on any atom is 0.261 e. The Morgan fingerprint density at radius 3 is 2.28 bits per heavy atom. The Kier molecular flexibility index (Phi) is 7.40. The Morgan fingerprint density at radius 2 is 1.62 bits per heavy atom. The van der Waals surface area contributed by atoms with Gasteiger partial charge in [-0.25, -0.2) is 8.42 Å². The molecule has 0 saturated heterocycles. The molecule has 9 heteroatoms. The van der Waals surface area contributed by atoms with Crippen molar-refractivity contribution in [2.75, 3.05) is 24.3 Å². The summed E-state index contributed by atoms with van der Waals surface area (Å²) >= 11 is 5.89. The molecule has 0 atom stereocenters. The molecule has 2 N–H and O–H groups in total. The van der Waals surface area contributed by atoms with Crippen LogP contribution in [0.4, 0.5) is 11.4 Å². The minimum atomic E-state index is -3.79. The van der Waals surface area contributed by atoms with E-state index < -0.39 is 10.0 Å². The van der Waals surface area contributed by atoms with E-state index in [0.29, 0.717) is 27.9 Å². The summed E-state index contributed by atoms with van der Waals surface area (Å²) in [6.07, 6.45) is 3.00. The Balaban J connectivity index is 1.65. The van der Waals surface area contributed by atoms with Crippen molar-refractivity contribution in [3.63, 3.8) is 0 Å². The molecule has 0 radical (unpaired) electrons. The zero-order chi connectivity index (χ0) is 23.1. The Bertz CT molecular complexity index is 1240. The summed E-state index contributed by atoms with van der Waals surface area (Å²) in [7, 11) is -0.711. The highest BCUT2D eigenvalue weighted by atomic mass is 35.5. The number of hydrogen-bond acceptors (Lipinski definition) is 5. The van der Waals surface area contributed by atoms with E-state index in [0.717, 1.165) is 5.56 Å². The van der Waals surface area contributed by atoms with Gasteiger partial charge in [-0.05, 0) is 66.2 Å². The van der Waals surface area contributed by atoms with E-state index in [9.17, 15) is 13.2 Å². The molecule has 166 valence electrons. The summed E-state index contributed by atoms with van der Waals surface area (Å²) in [4.78, 5) is 12.3. The predicted molar refractivity (Wildman–Crippen MR) is 126 cm³/mol. The van der Waals surface area contributed by atoms with Gasteiger partial charge in [-0.1, -0.05) is 23.7 Å². The number of amides is 1. The lowest BCUT2D eigenvalue weighted by Crippen LogP contribution is -2.13. The van der Waals surface area contributed by atoms with Crippen LogP contribution in [0.5, 0.6) is 11.5 Å². The van der Waals surface area contributed by atoms with Crippen molar-refractivity contribution < 1.29 is 22.7 Å². The van der Waals surface area contributed by atoms with Crippen LogP contribution in [0.3, 0.4) is 0 Å². The van der Waals surface area contributed by atoms with E-state index >= 15 is 0 Å². The molecular weight excluding hydrogens is 452 g/mol. The first-order valence-corrected chi connectivity index (χ1v) is 11.3. The first-order valence-electron chi connectivity index (χ1n) is 9.40. The highest BCUT2D eigenvalue weighted by Crippen LogP contribution is 2.28. The fourth-order valence-electron chi connectivity index (χ4n) is 2.80. The maximum absolute atomic E-state index is 12.5. The molecule has 0 unspecified atom stereocenters. The zero-order valence-electron chi connectivity index (χ0n) is 17.3. The summed E-state index contributed by atoms with van der Waals surface area (Å²) in [6.45, 7) is 0. The predicted octanol–water partition coefficient (Wildman–Crippen LogP) is 4.81.